The van der Waals surface area contributed by atoms with Gasteiger partial charge in [0.05, 0.1) is 30.0 Å². The van der Waals surface area contributed by atoms with Crippen molar-refractivity contribution in [3.63, 3.8) is 0 Å². The van der Waals surface area contributed by atoms with Crippen LogP contribution in [0.4, 0.5) is 5.82 Å². The van der Waals surface area contributed by atoms with Crippen LogP contribution < -0.4 is 4.90 Å². The molecule has 1 amide bonds. The molecule has 2 aliphatic rings. The third-order valence-electron chi connectivity index (χ3n) is 7.03. The zero-order chi connectivity index (χ0) is 25.4. The Kier molecular flexibility index (Phi) is 6.65. The first kappa shape index (κ1) is 24.2. The highest BCUT2D eigenvalue weighted by Crippen LogP contribution is 2.34. The molecule has 0 radical (unpaired) electrons. The van der Waals surface area contributed by atoms with Gasteiger partial charge in [0.25, 0.3) is 0 Å². The number of carbonyl (C=O) groups excluding carboxylic acids is 1. The van der Waals surface area contributed by atoms with E-state index in [2.05, 4.69) is 35.6 Å². The van der Waals surface area contributed by atoms with Crippen molar-refractivity contribution in [2.45, 2.75) is 38.8 Å². The topological polar surface area (TPSA) is 94.2 Å². The molecule has 1 fully saturated rings. The lowest BCUT2D eigenvalue weighted by molar-refractivity contribution is -0.130. The van der Waals surface area contributed by atoms with Crippen LogP contribution in [0.3, 0.4) is 0 Å². The summed E-state index contributed by atoms with van der Waals surface area (Å²) in [4.78, 5) is 23.1. The van der Waals surface area contributed by atoms with E-state index >= 15 is 0 Å². The average molecular weight is 505 g/mol. The molecular formula is C26H29ClN8O. The number of likely N-dealkylation sites (N-methyl/N-ethyl adjacent to an activating group) is 1. The van der Waals surface area contributed by atoms with Crippen molar-refractivity contribution >= 4 is 23.3 Å². The van der Waals surface area contributed by atoms with Gasteiger partial charge in [0.2, 0.25) is 5.91 Å². The predicted molar refractivity (Wildman–Crippen MR) is 137 cm³/mol. The number of hydrogen-bond donors (Lipinski definition) is 0. The van der Waals surface area contributed by atoms with Crippen molar-refractivity contribution in [2.24, 2.45) is 0 Å². The summed E-state index contributed by atoms with van der Waals surface area (Å²) >= 11 is 6.36. The molecule has 0 bridgehead atoms. The van der Waals surface area contributed by atoms with Gasteiger partial charge in [-0.1, -0.05) is 11.6 Å². The number of piperidine rings is 1. The number of rotatable bonds is 4. The molecule has 3 aromatic rings. The number of aryl methyl sites for hydroxylation is 1. The van der Waals surface area contributed by atoms with E-state index < -0.39 is 0 Å². The monoisotopic (exact) mass is 504 g/mol. The molecule has 0 atom stereocenters. The molecule has 0 spiro atoms. The van der Waals surface area contributed by atoms with Gasteiger partial charge >= 0.3 is 0 Å². The summed E-state index contributed by atoms with van der Waals surface area (Å²) in [6, 6.07) is 11.9. The van der Waals surface area contributed by atoms with Crippen molar-refractivity contribution in [1.29, 1.82) is 5.26 Å². The Morgan fingerprint density at radius 1 is 1.17 bits per heavy atom. The average Bonchev–Trinajstić information content (AvgIpc) is 3.20. The van der Waals surface area contributed by atoms with Gasteiger partial charge in [-0.05, 0) is 55.7 Å². The van der Waals surface area contributed by atoms with E-state index in [9.17, 15) is 10.1 Å². The van der Waals surface area contributed by atoms with Gasteiger partial charge in [-0.3, -0.25) is 14.3 Å². The summed E-state index contributed by atoms with van der Waals surface area (Å²) in [5.41, 5.74) is 3.46. The molecule has 0 aliphatic carbocycles. The molecule has 5 rings (SSSR count). The fourth-order valence-electron chi connectivity index (χ4n) is 5.01. The predicted octanol–water partition coefficient (Wildman–Crippen LogP) is 3.28. The second kappa shape index (κ2) is 9.88. The summed E-state index contributed by atoms with van der Waals surface area (Å²) in [5.74, 6) is 3.00. The molecule has 9 nitrogen and oxygen atoms in total. The number of benzene rings is 1. The van der Waals surface area contributed by atoms with Crippen molar-refractivity contribution in [2.75, 3.05) is 38.6 Å². The molecule has 0 unspecified atom stereocenters. The van der Waals surface area contributed by atoms with E-state index in [-0.39, 0.29) is 11.8 Å². The van der Waals surface area contributed by atoms with E-state index in [4.69, 9.17) is 11.6 Å². The van der Waals surface area contributed by atoms with Crippen LogP contribution in [0.15, 0.2) is 30.3 Å². The van der Waals surface area contributed by atoms with E-state index in [0.717, 1.165) is 60.3 Å². The highest BCUT2D eigenvalue weighted by molar-refractivity contribution is 6.30. The molecule has 10 heteroatoms. The first-order valence-corrected chi connectivity index (χ1v) is 12.5. The number of hydrogen-bond acceptors (Lipinski definition) is 7. The maximum atomic E-state index is 12.5. The van der Waals surface area contributed by atoms with Crippen molar-refractivity contribution in [3.8, 4) is 11.8 Å². The van der Waals surface area contributed by atoms with Gasteiger partial charge in [0.15, 0.2) is 5.82 Å². The standard InChI is InChI=1S/C26H29ClN8O/c1-17-19(13-28)4-7-23(29-17)34-10-8-18(9-11-34)26-31-30-24-15-33(16-25(36)32(2)3)14-20-12-21(27)5-6-22(20)35(24)26/h4-7,12,18H,8-11,14-16H2,1-3H3. The van der Waals surface area contributed by atoms with E-state index in [1.165, 1.54) is 0 Å². The Bertz CT molecular complexity index is 1340. The molecular weight excluding hydrogens is 476 g/mol. The molecule has 1 aromatic carbocycles. The summed E-state index contributed by atoms with van der Waals surface area (Å²) < 4.78 is 2.18. The minimum atomic E-state index is 0.0470. The van der Waals surface area contributed by atoms with Crippen molar-refractivity contribution in [3.05, 3.63) is 63.8 Å². The number of anilines is 1. The number of aromatic nitrogens is 4. The van der Waals surface area contributed by atoms with Crippen LogP contribution in [0.5, 0.6) is 0 Å². The van der Waals surface area contributed by atoms with Gasteiger partial charge < -0.3 is 9.80 Å². The Balaban J connectivity index is 1.41. The Morgan fingerprint density at radius 2 is 1.94 bits per heavy atom. The SMILES string of the molecule is Cc1nc(N2CCC(c3nnc4n3-c3ccc(Cl)cc3CN(CC(=O)N(C)C)C4)CC2)ccc1C#N. The molecule has 4 heterocycles. The van der Waals surface area contributed by atoms with E-state index in [1.54, 1.807) is 19.0 Å². The third-order valence-corrected chi connectivity index (χ3v) is 7.26. The van der Waals surface area contributed by atoms with Crippen LogP contribution in [0, 0.1) is 18.3 Å². The van der Waals surface area contributed by atoms with Crippen LogP contribution in [0.2, 0.25) is 5.02 Å². The molecule has 2 aromatic heterocycles. The Morgan fingerprint density at radius 3 is 2.64 bits per heavy atom. The number of halogens is 1. The zero-order valence-electron chi connectivity index (χ0n) is 20.8. The molecule has 186 valence electrons. The zero-order valence-corrected chi connectivity index (χ0v) is 21.5. The fraction of sp³-hybridized carbons (Fsp3) is 0.423. The Labute approximate surface area is 215 Å². The summed E-state index contributed by atoms with van der Waals surface area (Å²) in [7, 11) is 3.54. The largest absolute Gasteiger partial charge is 0.357 e. The fourth-order valence-corrected chi connectivity index (χ4v) is 5.20. The lowest BCUT2D eigenvalue weighted by atomic mass is 9.95. The highest BCUT2D eigenvalue weighted by atomic mass is 35.5. The maximum absolute atomic E-state index is 12.5. The van der Waals surface area contributed by atoms with Crippen LogP contribution >= 0.6 is 11.6 Å². The quantitative estimate of drug-likeness (QED) is 0.538. The lowest BCUT2D eigenvalue weighted by Gasteiger charge is -2.32. The maximum Gasteiger partial charge on any atom is 0.236 e. The number of nitriles is 1. The highest BCUT2D eigenvalue weighted by Gasteiger charge is 2.31. The lowest BCUT2D eigenvalue weighted by Crippen LogP contribution is -2.35. The van der Waals surface area contributed by atoms with Crippen LogP contribution in [0.1, 0.15) is 47.2 Å². The summed E-state index contributed by atoms with van der Waals surface area (Å²) in [5, 5.41) is 19.1. The molecule has 0 N–H and O–H groups in total. The summed E-state index contributed by atoms with van der Waals surface area (Å²) in [6.07, 6.45) is 1.84. The molecule has 1 saturated heterocycles. The number of fused-ring (bicyclic) bond motifs is 3. The first-order chi connectivity index (χ1) is 17.3. The second-order valence-electron chi connectivity index (χ2n) is 9.69. The first-order valence-electron chi connectivity index (χ1n) is 12.1. The third kappa shape index (κ3) is 4.66. The normalized spacial score (nSPS) is 16.1. The van der Waals surface area contributed by atoms with Crippen LogP contribution in [0.25, 0.3) is 5.69 Å². The smallest absolute Gasteiger partial charge is 0.236 e. The molecule has 2 aliphatic heterocycles. The van der Waals surface area contributed by atoms with Crippen molar-refractivity contribution in [1.82, 2.24) is 29.5 Å². The Hall–Kier alpha value is -3.48. The number of nitrogens with zero attached hydrogens (tertiary/aromatic N) is 8. The number of amides is 1. The molecule has 0 saturated carbocycles. The van der Waals surface area contributed by atoms with Gasteiger partial charge in [0, 0.05) is 44.7 Å². The van der Waals surface area contributed by atoms with Crippen LogP contribution in [-0.2, 0) is 17.9 Å². The second-order valence-corrected chi connectivity index (χ2v) is 10.1. The number of pyridine rings is 1. The van der Waals surface area contributed by atoms with Crippen molar-refractivity contribution < 1.29 is 4.79 Å². The summed E-state index contributed by atoms with van der Waals surface area (Å²) in [6.45, 7) is 5.02. The van der Waals surface area contributed by atoms with Gasteiger partial charge in [-0.15, -0.1) is 10.2 Å². The van der Waals surface area contributed by atoms with E-state index in [1.807, 2.05) is 37.3 Å². The number of carbonyl (C=O) groups is 1. The minimum absolute atomic E-state index is 0.0470. The van der Waals surface area contributed by atoms with Gasteiger partial charge in [0.1, 0.15) is 17.7 Å². The van der Waals surface area contributed by atoms with Crippen LogP contribution in [-0.4, -0.2) is 69.2 Å². The van der Waals surface area contributed by atoms with E-state index in [0.29, 0.717) is 30.2 Å². The molecule has 36 heavy (non-hydrogen) atoms. The van der Waals surface area contributed by atoms with Gasteiger partial charge in [-0.2, -0.15) is 5.26 Å². The minimum Gasteiger partial charge on any atom is -0.357 e. The van der Waals surface area contributed by atoms with Gasteiger partial charge in [-0.25, -0.2) is 4.98 Å².